The van der Waals surface area contributed by atoms with Crippen molar-refractivity contribution in [1.82, 2.24) is 15.6 Å². The Morgan fingerprint density at radius 2 is 2.38 bits per heavy atom. The Bertz CT molecular complexity index is 466. The van der Waals surface area contributed by atoms with Crippen LogP contribution < -0.4 is 17.0 Å². The Kier molecular flexibility index (Phi) is 3.45. The van der Waals surface area contributed by atoms with Crippen LogP contribution in [0, 0.1) is 0 Å². The van der Waals surface area contributed by atoms with Crippen LogP contribution in [0.3, 0.4) is 0 Å². The summed E-state index contributed by atoms with van der Waals surface area (Å²) in [7, 11) is 0. The maximum absolute atomic E-state index is 5.87. The molecule has 0 aromatic carbocycles. The first-order chi connectivity index (χ1) is 7.70. The van der Waals surface area contributed by atoms with Gasteiger partial charge in [0, 0.05) is 16.9 Å². The molecule has 16 heavy (non-hydrogen) atoms. The molecule has 2 aromatic heterocycles. The van der Waals surface area contributed by atoms with Crippen molar-refractivity contribution in [3.05, 3.63) is 33.1 Å². The molecule has 0 aliphatic heterocycles. The molecule has 0 radical (unpaired) electrons. The van der Waals surface area contributed by atoms with Gasteiger partial charge in [0.25, 0.3) is 0 Å². The highest BCUT2D eigenvalue weighted by Crippen LogP contribution is 2.27. The molecular formula is C9H12ClN5S. The van der Waals surface area contributed by atoms with E-state index in [0.29, 0.717) is 5.82 Å². The molecule has 6 N–H and O–H groups in total. The van der Waals surface area contributed by atoms with Gasteiger partial charge in [0.15, 0.2) is 0 Å². The minimum Gasteiger partial charge on any atom is -0.384 e. The Morgan fingerprint density at radius 1 is 1.56 bits per heavy atom. The number of nitrogens with zero attached hydrogens (tertiary/aromatic N) is 1. The van der Waals surface area contributed by atoms with Gasteiger partial charge in [0.2, 0.25) is 0 Å². The van der Waals surface area contributed by atoms with Crippen molar-refractivity contribution in [1.29, 1.82) is 0 Å². The van der Waals surface area contributed by atoms with Gasteiger partial charge in [-0.1, -0.05) is 11.6 Å². The molecular weight excluding hydrogens is 246 g/mol. The third-order valence-electron chi connectivity index (χ3n) is 2.31. The smallest absolute Gasteiger partial charge is 0.123 e. The quantitative estimate of drug-likeness (QED) is 0.493. The highest BCUT2D eigenvalue weighted by atomic mass is 35.5. The lowest BCUT2D eigenvalue weighted by molar-refractivity contribution is 0.557. The Labute approximate surface area is 102 Å². The molecule has 0 amide bonds. The second-order valence-corrected chi connectivity index (χ2v) is 5.17. The van der Waals surface area contributed by atoms with Gasteiger partial charge in [-0.05, 0) is 12.1 Å². The van der Waals surface area contributed by atoms with Crippen LogP contribution in [0.5, 0.6) is 0 Å². The number of hydrogen-bond donors (Lipinski definition) is 4. The molecule has 0 bridgehead atoms. The first-order valence-corrected chi connectivity index (χ1v) is 5.89. The van der Waals surface area contributed by atoms with Crippen LogP contribution in [0.1, 0.15) is 16.5 Å². The van der Waals surface area contributed by atoms with E-state index in [0.717, 1.165) is 21.2 Å². The van der Waals surface area contributed by atoms with Crippen molar-refractivity contribution in [3.63, 3.8) is 0 Å². The van der Waals surface area contributed by atoms with Crippen molar-refractivity contribution in [2.24, 2.45) is 5.84 Å². The first kappa shape index (κ1) is 11.4. The van der Waals surface area contributed by atoms with Crippen LogP contribution in [0.4, 0.5) is 5.82 Å². The number of H-pyrrole nitrogens is 1. The zero-order valence-electron chi connectivity index (χ0n) is 8.40. The predicted octanol–water partition coefficient (Wildman–Crippen LogP) is 1.45. The lowest BCUT2D eigenvalue weighted by atomic mass is 10.1. The van der Waals surface area contributed by atoms with Crippen molar-refractivity contribution in [3.8, 4) is 0 Å². The molecule has 1 atom stereocenters. The number of anilines is 1. The van der Waals surface area contributed by atoms with Crippen molar-refractivity contribution in [2.75, 3.05) is 5.73 Å². The van der Waals surface area contributed by atoms with Crippen LogP contribution >= 0.6 is 22.9 Å². The molecule has 7 heteroatoms. The van der Waals surface area contributed by atoms with Gasteiger partial charge in [-0.3, -0.25) is 16.4 Å². The van der Waals surface area contributed by atoms with E-state index in [9.17, 15) is 0 Å². The fourth-order valence-corrected chi connectivity index (χ4v) is 2.64. The van der Waals surface area contributed by atoms with E-state index in [-0.39, 0.29) is 6.04 Å². The number of rotatable bonds is 4. The molecule has 2 heterocycles. The number of halogens is 1. The summed E-state index contributed by atoms with van der Waals surface area (Å²) in [5.41, 5.74) is 9.33. The monoisotopic (exact) mass is 257 g/mol. The van der Waals surface area contributed by atoms with E-state index in [1.165, 1.54) is 11.3 Å². The maximum Gasteiger partial charge on any atom is 0.123 e. The van der Waals surface area contributed by atoms with E-state index in [2.05, 4.69) is 15.6 Å². The molecule has 0 aliphatic carbocycles. The molecule has 2 rings (SSSR count). The van der Waals surface area contributed by atoms with Gasteiger partial charge in [-0.2, -0.15) is 5.10 Å². The molecule has 5 nitrogen and oxygen atoms in total. The van der Waals surface area contributed by atoms with E-state index >= 15 is 0 Å². The van der Waals surface area contributed by atoms with Gasteiger partial charge in [0.1, 0.15) is 5.82 Å². The van der Waals surface area contributed by atoms with Crippen LogP contribution in [0.25, 0.3) is 0 Å². The third kappa shape index (κ3) is 2.35. The van der Waals surface area contributed by atoms with E-state index in [4.69, 9.17) is 23.2 Å². The molecule has 2 aromatic rings. The molecule has 1 unspecified atom stereocenters. The second-order valence-electron chi connectivity index (χ2n) is 3.37. The van der Waals surface area contributed by atoms with Gasteiger partial charge in [0.05, 0.1) is 16.6 Å². The van der Waals surface area contributed by atoms with Crippen LogP contribution in [0.15, 0.2) is 18.3 Å². The summed E-state index contributed by atoms with van der Waals surface area (Å²) in [6, 6.07) is 3.79. The number of aromatic amines is 1. The fourth-order valence-electron chi connectivity index (χ4n) is 1.50. The van der Waals surface area contributed by atoms with Crippen LogP contribution in [0.2, 0.25) is 4.34 Å². The molecule has 0 spiro atoms. The molecule has 0 saturated carbocycles. The number of hydrogen-bond acceptors (Lipinski definition) is 5. The van der Waals surface area contributed by atoms with Crippen LogP contribution in [-0.4, -0.2) is 10.2 Å². The summed E-state index contributed by atoms with van der Waals surface area (Å²) >= 11 is 7.40. The highest BCUT2D eigenvalue weighted by Gasteiger charge is 2.16. The topological polar surface area (TPSA) is 92.7 Å². The number of aromatic nitrogens is 2. The van der Waals surface area contributed by atoms with Gasteiger partial charge in [-0.15, -0.1) is 11.3 Å². The van der Waals surface area contributed by atoms with Crippen LogP contribution in [-0.2, 0) is 6.42 Å². The highest BCUT2D eigenvalue weighted by molar-refractivity contribution is 7.16. The number of nitrogen functional groups attached to an aromatic ring is 1. The van der Waals surface area contributed by atoms with Crippen molar-refractivity contribution in [2.45, 2.75) is 12.5 Å². The van der Waals surface area contributed by atoms with Crippen molar-refractivity contribution < 1.29 is 0 Å². The molecule has 0 saturated heterocycles. The maximum atomic E-state index is 5.87. The average molecular weight is 258 g/mol. The molecule has 86 valence electrons. The number of thiophene rings is 1. The molecule has 0 fully saturated rings. The normalized spacial score (nSPS) is 12.9. The van der Waals surface area contributed by atoms with Gasteiger partial charge < -0.3 is 5.73 Å². The van der Waals surface area contributed by atoms with E-state index in [1.54, 1.807) is 6.20 Å². The predicted molar refractivity (Wildman–Crippen MR) is 66.1 cm³/mol. The van der Waals surface area contributed by atoms with E-state index in [1.807, 2.05) is 12.1 Å². The second kappa shape index (κ2) is 4.84. The van der Waals surface area contributed by atoms with Gasteiger partial charge in [-0.25, -0.2) is 0 Å². The number of nitrogens with two attached hydrogens (primary N) is 2. The minimum absolute atomic E-state index is 0.0616. The molecule has 0 aliphatic rings. The van der Waals surface area contributed by atoms with E-state index < -0.39 is 0 Å². The third-order valence-corrected chi connectivity index (χ3v) is 3.56. The van der Waals surface area contributed by atoms with Crippen molar-refractivity contribution >= 4 is 28.8 Å². The number of hydrazine groups is 1. The minimum atomic E-state index is -0.0616. The Balaban J connectivity index is 2.15. The largest absolute Gasteiger partial charge is 0.384 e. The summed E-state index contributed by atoms with van der Waals surface area (Å²) in [5.74, 6) is 6.04. The standard InChI is InChI=1S/C9H12ClN5S/c10-8-2-1-5(16-8)3-7(14-12)6-4-13-15-9(6)11/h1-2,4,7,14H,3,12H2,(H3,11,13,15). The Morgan fingerprint density at radius 3 is 2.88 bits per heavy atom. The lowest BCUT2D eigenvalue weighted by Crippen LogP contribution is -2.29. The summed E-state index contributed by atoms with van der Waals surface area (Å²) in [6.07, 6.45) is 2.41. The SMILES string of the molecule is NNC(Cc1ccc(Cl)s1)c1cn[nH]c1N. The zero-order valence-corrected chi connectivity index (χ0v) is 9.98. The summed E-state index contributed by atoms with van der Waals surface area (Å²) < 4.78 is 0.769. The number of nitrogens with one attached hydrogen (secondary N) is 2. The first-order valence-electron chi connectivity index (χ1n) is 4.69. The average Bonchev–Trinajstić information content (AvgIpc) is 2.84. The zero-order chi connectivity index (χ0) is 11.5. The Hall–Kier alpha value is -1.08. The summed E-state index contributed by atoms with van der Waals surface area (Å²) in [6.45, 7) is 0. The fraction of sp³-hybridized carbons (Fsp3) is 0.222. The summed E-state index contributed by atoms with van der Waals surface area (Å²) in [4.78, 5) is 1.15. The lowest BCUT2D eigenvalue weighted by Gasteiger charge is -2.13. The van der Waals surface area contributed by atoms with Gasteiger partial charge >= 0.3 is 0 Å². The summed E-state index contributed by atoms with van der Waals surface area (Å²) in [5, 5.41) is 6.55.